The van der Waals surface area contributed by atoms with Gasteiger partial charge in [-0.2, -0.15) is 0 Å². The lowest BCUT2D eigenvalue weighted by molar-refractivity contribution is 0.0693. The van der Waals surface area contributed by atoms with Crippen molar-refractivity contribution in [1.29, 1.82) is 0 Å². The smallest absolute Gasteiger partial charge is 0.339 e. The summed E-state index contributed by atoms with van der Waals surface area (Å²) in [7, 11) is 1.51. The number of ether oxygens (including phenoxy) is 1. The number of carboxylic acids is 1. The number of hydrogen-bond acceptors (Lipinski definition) is 3. The lowest BCUT2D eigenvalue weighted by Gasteiger charge is -2.27. The van der Waals surface area contributed by atoms with Gasteiger partial charge in [0.25, 0.3) is 0 Å². The Labute approximate surface area is 120 Å². The predicted octanol–water partition coefficient (Wildman–Crippen LogP) is 3.01. The summed E-state index contributed by atoms with van der Waals surface area (Å²) in [5.74, 6) is 0.141. The average molecular weight is 277 g/mol. The van der Waals surface area contributed by atoms with Gasteiger partial charge in [0.1, 0.15) is 11.3 Å². The van der Waals surface area contributed by atoms with Crippen molar-refractivity contribution < 1.29 is 14.6 Å². The molecule has 0 radical (unpaired) electrons. The number of rotatable bonds is 5. The van der Waals surface area contributed by atoms with Crippen LogP contribution in [0.15, 0.2) is 18.2 Å². The van der Waals surface area contributed by atoms with E-state index in [-0.39, 0.29) is 5.56 Å². The Balaban J connectivity index is 2.15. The van der Waals surface area contributed by atoms with Crippen LogP contribution in [0.2, 0.25) is 0 Å². The van der Waals surface area contributed by atoms with Crippen LogP contribution in [-0.2, 0) is 6.54 Å². The first-order chi connectivity index (χ1) is 9.52. The fraction of sp³-hybridized carbons (Fsp3) is 0.562. The Bertz CT molecular complexity index is 485. The molecule has 20 heavy (non-hydrogen) atoms. The van der Waals surface area contributed by atoms with E-state index in [1.54, 1.807) is 6.07 Å². The molecule has 0 spiro atoms. The third kappa shape index (κ3) is 3.12. The maximum atomic E-state index is 11.1. The van der Waals surface area contributed by atoms with Gasteiger partial charge in [0, 0.05) is 12.6 Å². The number of likely N-dealkylation sites (tertiary alicyclic amines) is 1. The molecule has 1 unspecified atom stereocenters. The van der Waals surface area contributed by atoms with Gasteiger partial charge in [-0.15, -0.1) is 0 Å². The normalized spacial score (nSPS) is 19.5. The molecule has 4 nitrogen and oxygen atoms in total. The molecule has 1 heterocycles. The maximum absolute atomic E-state index is 11.1. The molecule has 1 aliphatic rings. The van der Waals surface area contributed by atoms with Gasteiger partial charge in [0.05, 0.1) is 7.11 Å². The minimum atomic E-state index is -0.949. The minimum absolute atomic E-state index is 0.220. The molecule has 1 aliphatic heterocycles. The number of carbonyl (C=O) groups is 1. The van der Waals surface area contributed by atoms with Crippen molar-refractivity contribution in [3.8, 4) is 5.75 Å². The van der Waals surface area contributed by atoms with E-state index in [0.29, 0.717) is 17.7 Å². The second kappa shape index (κ2) is 6.27. The zero-order valence-electron chi connectivity index (χ0n) is 12.4. The third-order valence-electron chi connectivity index (χ3n) is 4.07. The monoisotopic (exact) mass is 277 g/mol. The van der Waals surface area contributed by atoms with Gasteiger partial charge in [-0.1, -0.05) is 19.9 Å². The van der Waals surface area contributed by atoms with Crippen LogP contribution in [0.5, 0.6) is 5.75 Å². The van der Waals surface area contributed by atoms with Crippen molar-refractivity contribution in [3.05, 3.63) is 29.3 Å². The van der Waals surface area contributed by atoms with Crippen molar-refractivity contribution in [2.75, 3.05) is 13.7 Å². The first kappa shape index (κ1) is 14.9. The molecule has 2 rings (SSSR count). The van der Waals surface area contributed by atoms with E-state index in [0.717, 1.165) is 18.7 Å². The predicted molar refractivity (Wildman–Crippen MR) is 78.2 cm³/mol. The Hall–Kier alpha value is -1.55. The lowest BCUT2D eigenvalue weighted by Crippen LogP contribution is -2.32. The van der Waals surface area contributed by atoms with Crippen LogP contribution < -0.4 is 4.74 Å². The molecule has 0 aliphatic carbocycles. The molecule has 4 heteroatoms. The summed E-state index contributed by atoms with van der Waals surface area (Å²) in [5, 5.41) is 9.10. The lowest BCUT2D eigenvalue weighted by atomic mass is 10.0. The molecule has 0 amide bonds. The van der Waals surface area contributed by atoms with Crippen LogP contribution in [0.25, 0.3) is 0 Å². The van der Waals surface area contributed by atoms with Crippen LogP contribution in [0.1, 0.15) is 42.6 Å². The number of nitrogens with zero attached hydrogens (tertiary/aromatic N) is 1. The van der Waals surface area contributed by atoms with Gasteiger partial charge >= 0.3 is 5.97 Å². The van der Waals surface area contributed by atoms with Crippen LogP contribution in [0, 0.1) is 5.92 Å². The summed E-state index contributed by atoms with van der Waals surface area (Å²) >= 11 is 0. The second-order valence-corrected chi connectivity index (χ2v) is 5.76. The van der Waals surface area contributed by atoms with Gasteiger partial charge in [-0.05, 0) is 43.0 Å². The molecule has 1 fully saturated rings. The summed E-state index contributed by atoms with van der Waals surface area (Å²) in [5.41, 5.74) is 1.33. The van der Waals surface area contributed by atoms with E-state index < -0.39 is 5.97 Å². The molecule has 1 N–H and O–H groups in total. The SMILES string of the molecule is COc1cc(CN2CCCC2C(C)C)ccc1C(=O)O. The molecule has 1 saturated heterocycles. The highest BCUT2D eigenvalue weighted by Crippen LogP contribution is 2.27. The van der Waals surface area contributed by atoms with E-state index >= 15 is 0 Å². The van der Waals surface area contributed by atoms with Crippen molar-refractivity contribution in [3.63, 3.8) is 0 Å². The summed E-state index contributed by atoms with van der Waals surface area (Å²) in [4.78, 5) is 13.6. The van der Waals surface area contributed by atoms with E-state index in [9.17, 15) is 4.79 Å². The van der Waals surface area contributed by atoms with Crippen LogP contribution in [-0.4, -0.2) is 35.7 Å². The Kier molecular flexibility index (Phi) is 4.65. The number of aromatic carboxylic acids is 1. The molecular weight excluding hydrogens is 254 g/mol. The zero-order chi connectivity index (χ0) is 14.7. The topological polar surface area (TPSA) is 49.8 Å². The molecule has 0 aromatic heterocycles. The van der Waals surface area contributed by atoms with Gasteiger partial charge in [-0.25, -0.2) is 4.79 Å². The average Bonchev–Trinajstić information content (AvgIpc) is 2.86. The number of benzene rings is 1. The highest BCUT2D eigenvalue weighted by Gasteiger charge is 2.27. The van der Waals surface area contributed by atoms with Gasteiger partial charge in [0.15, 0.2) is 0 Å². The first-order valence-electron chi connectivity index (χ1n) is 7.17. The molecule has 1 aromatic rings. The van der Waals surface area contributed by atoms with Crippen LogP contribution >= 0.6 is 0 Å². The Morgan fingerprint density at radius 3 is 2.85 bits per heavy atom. The summed E-state index contributed by atoms with van der Waals surface area (Å²) in [6, 6.07) is 6.00. The van der Waals surface area contributed by atoms with Gasteiger partial charge in [0.2, 0.25) is 0 Å². The minimum Gasteiger partial charge on any atom is -0.496 e. The zero-order valence-corrected chi connectivity index (χ0v) is 12.4. The summed E-state index contributed by atoms with van der Waals surface area (Å²) in [6.07, 6.45) is 2.50. The number of hydrogen-bond donors (Lipinski definition) is 1. The van der Waals surface area contributed by atoms with E-state index in [4.69, 9.17) is 9.84 Å². The quantitative estimate of drug-likeness (QED) is 0.899. The first-order valence-corrected chi connectivity index (χ1v) is 7.17. The molecule has 0 saturated carbocycles. The molecule has 1 aromatic carbocycles. The third-order valence-corrected chi connectivity index (χ3v) is 4.07. The Morgan fingerprint density at radius 1 is 1.50 bits per heavy atom. The fourth-order valence-corrected chi connectivity index (χ4v) is 3.05. The summed E-state index contributed by atoms with van der Waals surface area (Å²) < 4.78 is 5.19. The van der Waals surface area contributed by atoms with E-state index in [1.807, 2.05) is 12.1 Å². The van der Waals surface area contributed by atoms with Crippen molar-refractivity contribution in [2.45, 2.75) is 39.3 Å². The molecule has 0 bridgehead atoms. The molecule has 1 atom stereocenters. The van der Waals surface area contributed by atoms with Crippen molar-refractivity contribution >= 4 is 5.97 Å². The number of carboxylic acid groups (broad SMARTS) is 1. The summed E-state index contributed by atoms with van der Waals surface area (Å²) in [6.45, 7) is 6.50. The van der Waals surface area contributed by atoms with Crippen molar-refractivity contribution in [1.82, 2.24) is 4.90 Å². The second-order valence-electron chi connectivity index (χ2n) is 5.76. The van der Waals surface area contributed by atoms with E-state index in [2.05, 4.69) is 18.7 Å². The Morgan fingerprint density at radius 2 is 2.25 bits per heavy atom. The van der Waals surface area contributed by atoms with E-state index in [1.165, 1.54) is 20.0 Å². The maximum Gasteiger partial charge on any atom is 0.339 e. The van der Waals surface area contributed by atoms with Crippen LogP contribution in [0.3, 0.4) is 0 Å². The van der Waals surface area contributed by atoms with Gasteiger partial charge in [-0.3, -0.25) is 4.90 Å². The van der Waals surface area contributed by atoms with Gasteiger partial charge < -0.3 is 9.84 Å². The largest absolute Gasteiger partial charge is 0.496 e. The highest BCUT2D eigenvalue weighted by atomic mass is 16.5. The standard InChI is InChI=1S/C16H23NO3/c1-11(2)14-5-4-8-17(14)10-12-6-7-13(16(18)19)15(9-12)20-3/h6-7,9,11,14H,4-5,8,10H2,1-3H3,(H,18,19). The fourth-order valence-electron chi connectivity index (χ4n) is 3.05. The van der Waals surface area contributed by atoms with Crippen LogP contribution in [0.4, 0.5) is 0 Å². The molecule has 110 valence electrons. The highest BCUT2D eigenvalue weighted by molar-refractivity contribution is 5.90. The van der Waals surface area contributed by atoms with Crippen molar-refractivity contribution in [2.24, 2.45) is 5.92 Å². The number of methoxy groups -OCH3 is 1. The molecular formula is C16H23NO3.